The molecular weight excluding hydrogens is 311 g/mol. The molecule has 24 heavy (non-hydrogen) atoms. The van der Waals surface area contributed by atoms with Crippen LogP contribution in [-0.2, 0) is 9.53 Å². The summed E-state index contributed by atoms with van der Waals surface area (Å²) in [5.74, 6) is 0.467. The monoisotopic (exact) mass is 336 g/mol. The summed E-state index contributed by atoms with van der Waals surface area (Å²) in [6.07, 6.45) is 6.60. The molecule has 0 atom stereocenters. The molecule has 0 bridgehead atoms. The van der Waals surface area contributed by atoms with E-state index in [4.69, 9.17) is 9.47 Å². The number of piperidine rings is 1. The largest absolute Gasteiger partial charge is 0.472 e. The predicted molar refractivity (Wildman–Crippen MR) is 87.2 cm³/mol. The van der Waals surface area contributed by atoms with Gasteiger partial charge in [-0.05, 0) is 37.3 Å². The first-order valence-corrected chi connectivity index (χ1v) is 8.85. The maximum atomic E-state index is 13.6. The van der Waals surface area contributed by atoms with Crippen molar-refractivity contribution in [3.63, 3.8) is 0 Å². The van der Waals surface area contributed by atoms with E-state index in [0.717, 1.165) is 45.3 Å². The lowest BCUT2D eigenvalue weighted by Gasteiger charge is -2.32. The van der Waals surface area contributed by atoms with Crippen LogP contribution in [0, 0.1) is 11.7 Å². The Kier molecular flexibility index (Phi) is 6.01. The zero-order valence-corrected chi connectivity index (χ0v) is 14.0. The SMILES string of the molecule is O=C(CCC1CCOCC1)N1CCC(Oc2ncccc2F)CC1. The zero-order chi connectivity index (χ0) is 16.8. The van der Waals surface area contributed by atoms with E-state index in [2.05, 4.69) is 4.98 Å². The molecular formula is C18H25FN2O3. The highest BCUT2D eigenvalue weighted by Gasteiger charge is 2.25. The molecule has 6 heteroatoms. The highest BCUT2D eigenvalue weighted by molar-refractivity contribution is 5.76. The van der Waals surface area contributed by atoms with Crippen molar-refractivity contribution in [3.05, 3.63) is 24.1 Å². The molecule has 0 saturated carbocycles. The minimum Gasteiger partial charge on any atom is -0.472 e. The van der Waals surface area contributed by atoms with Gasteiger partial charge in [-0.1, -0.05) is 0 Å². The molecule has 1 amide bonds. The lowest BCUT2D eigenvalue weighted by Crippen LogP contribution is -2.42. The fraction of sp³-hybridized carbons (Fsp3) is 0.667. The van der Waals surface area contributed by atoms with Gasteiger partial charge >= 0.3 is 0 Å². The Bertz CT molecular complexity index is 541. The highest BCUT2D eigenvalue weighted by Crippen LogP contribution is 2.23. The van der Waals surface area contributed by atoms with Crippen LogP contribution < -0.4 is 4.74 Å². The average Bonchev–Trinajstić information content (AvgIpc) is 2.63. The normalized spacial score (nSPS) is 20.1. The Labute approximate surface area is 142 Å². The summed E-state index contributed by atoms with van der Waals surface area (Å²) in [6.45, 7) is 2.99. The molecule has 0 aliphatic carbocycles. The number of amides is 1. The van der Waals surface area contributed by atoms with Gasteiger partial charge in [0.15, 0.2) is 5.82 Å². The van der Waals surface area contributed by atoms with E-state index in [1.807, 2.05) is 4.90 Å². The highest BCUT2D eigenvalue weighted by atomic mass is 19.1. The molecule has 1 aromatic heterocycles. The van der Waals surface area contributed by atoms with Crippen molar-refractivity contribution in [2.24, 2.45) is 5.92 Å². The van der Waals surface area contributed by atoms with Gasteiger partial charge in [-0.15, -0.1) is 0 Å². The first kappa shape index (κ1) is 17.1. The van der Waals surface area contributed by atoms with Crippen LogP contribution in [-0.4, -0.2) is 48.2 Å². The number of aromatic nitrogens is 1. The Morgan fingerprint density at radius 2 is 2.04 bits per heavy atom. The van der Waals surface area contributed by atoms with Crippen molar-refractivity contribution >= 4 is 5.91 Å². The van der Waals surface area contributed by atoms with Crippen molar-refractivity contribution in [2.75, 3.05) is 26.3 Å². The molecule has 3 rings (SSSR count). The molecule has 2 fully saturated rings. The van der Waals surface area contributed by atoms with Gasteiger partial charge in [0.1, 0.15) is 6.10 Å². The quantitative estimate of drug-likeness (QED) is 0.830. The second-order valence-corrected chi connectivity index (χ2v) is 6.58. The van der Waals surface area contributed by atoms with E-state index in [1.54, 1.807) is 6.07 Å². The molecule has 0 radical (unpaired) electrons. The summed E-state index contributed by atoms with van der Waals surface area (Å²) >= 11 is 0. The predicted octanol–water partition coefficient (Wildman–Crippen LogP) is 2.80. The van der Waals surface area contributed by atoms with E-state index in [1.165, 1.54) is 12.3 Å². The minimum atomic E-state index is -0.438. The molecule has 2 aliphatic heterocycles. The van der Waals surface area contributed by atoms with Crippen LogP contribution in [0.25, 0.3) is 0 Å². The Balaban J connectivity index is 1.39. The molecule has 132 valence electrons. The summed E-state index contributed by atoms with van der Waals surface area (Å²) in [5, 5.41) is 0. The first-order valence-electron chi connectivity index (χ1n) is 8.85. The van der Waals surface area contributed by atoms with E-state index in [0.29, 0.717) is 25.4 Å². The third kappa shape index (κ3) is 4.66. The van der Waals surface area contributed by atoms with E-state index < -0.39 is 5.82 Å². The van der Waals surface area contributed by atoms with E-state index in [-0.39, 0.29) is 17.9 Å². The zero-order valence-electron chi connectivity index (χ0n) is 14.0. The number of hydrogen-bond donors (Lipinski definition) is 0. The van der Waals surface area contributed by atoms with Crippen LogP contribution >= 0.6 is 0 Å². The molecule has 0 spiro atoms. The summed E-state index contributed by atoms with van der Waals surface area (Å²) in [4.78, 5) is 18.2. The van der Waals surface area contributed by atoms with E-state index >= 15 is 0 Å². The van der Waals surface area contributed by atoms with Gasteiger partial charge in [0.2, 0.25) is 5.91 Å². The molecule has 2 aliphatic rings. The Hall–Kier alpha value is -1.69. The standard InChI is InChI=1S/C18H25FN2O3/c19-16-2-1-9-20-18(16)24-15-5-10-21(11-6-15)17(22)4-3-14-7-12-23-13-8-14/h1-2,9,14-15H,3-8,10-13H2. The number of halogens is 1. The molecule has 1 aromatic rings. The number of carbonyl (C=O) groups is 1. The van der Waals surface area contributed by atoms with Crippen LogP contribution in [0.3, 0.4) is 0 Å². The number of likely N-dealkylation sites (tertiary alicyclic amines) is 1. The molecule has 0 N–H and O–H groups in total. The first-order chi connectivity index (χ1) is 11.7. The van der Waals surface area contributed by atoms with Crippen LogP contribution in [0.15, 0.2) is 18.3 Å². The number of carbonyl (C=O) groups excluding carboxylic acids is 1. The fourth-order valence-corrected chi connectivity index (χ4v) is 3.36. The number of hydrogen-bond acceptors (Lipinski definition) is 4. The van der Waals surface area contributed by atoms with E-state index in [9.17, 15) is 9.18 Å². The maximum absolute atomic E-state index is 13.6. The van der Waals surface area contributed by atoms with Gasteiger partial charge in [-0.25, -0.2) is 9.37 Å². The molecule has 2 saturated heterocycles. The van der Waals surface area contributed by atoms with Gasteiger partial charge in [0.05, 0.1) is 0 Å². The number of rotatable bonds is 5. The lowest BCUT2D eigenvalue weighted by atomic mass is 9.94. The minimum absolute atomic E-state index is 0.0572. The molecule has 0 aromatic carbocycles. The topological polar surface area (TPSA) is 51.7 Å². The fourth-order valence-electron chi connectivity index (χ4n) is 3.36. The van der Waals surface area contributed by atoms with Gasteiger partial charge in [-0.2, -0.15) is 0 Å². The Morgan fingerprint density at radius 1 is 1.29 bits per heavy atom. The number of ether oxygens (including phenoxy) is 2. The van der Waals surface area contributed by atoms with Crippen molar-refractivity contribution in [2.45, 2.75) is 44.6 Å². The number of nitrogens with zero attached hydrogens (tertiary/aromatic N) is 2. The summed E-state index contributed by atoms with van der Waals surface area (Å²) in [6, 6.07) is 2.89. The summed E-state index contributed by atoms with van der Waals surface area (Å²) in [5.41, 5.74) is 0. The van der Waals surface area contributed by atoms with Crippen molar-refractivity contribution in [1.82, 2.24) is 9.88 Å². The van der Waals surface area contributed by atoms with Gasteiger partial charge in [0.25, 0.3) is 5.88 Å². The summed E-state index contributed by atoms with van der Waals surface area (Å²) < 4.78 is 24.5. The van der Waals surface area contributed by atoms with Crippen LogP contribution in [0.5, 0.6) is 5.88 Å². The van der Waals surface area contributed by atoms with Crippen molar-refractivity contribution in [1.29, 1.82) is 0 Å². The molecule has 5 nitrogen and oxygen atoms in total. The van der Waals surface area contributed by atoms with Gasteiger partial charge in [0, 0.05) is 51.8 Å². The smallest absolute Gasteiger partial charge is 0.250 e. The van der Waals surface area contributed by atoms with Crippen molar-refractivity contribution in [3.8, 4) is 5.88 Å². The molecule has 3 heterocycles. The van der Waals surface area contributed by atoms with Gasteiger partial charge < -0.3 is 14.4 Å². The third-order valence-corrected chi connectivity index (χ3v) is 4.91. The van der Waals surface area contributed by atoms with Crippen LogP contribution in [0.1, 0.15) is 38.5 Å². The Morgan fingerprint density at radius 3 is 2.75 bits per heavy atom. The summed E-state index contributed by atoms with van der Waals surface area (Å²) in [7, 11) is 0. The van der Waals surface area contributed by atoms with Crippen LogP contribution in [0.4, 0.5) is 4.39 Å². The average molecular weight is 336 g/mol. The maximum Gasteiger partial charge on any atom is 0.250 e. The third-order valence-electron chi connectivity index (χ3n) is 4.91. The number of pyridine rings is 1. The van der Waals surface area contributed by atoms with Crippen molar-refractivity contribution < 1.29 is 18.7 Å². The second kappa shape index (κ2) is 8.42. The second-order valence-electron chi connectivity index (χ2n) is 6.58. The molecule has 0 unspecified atom stereocenters. The lowest BCUT2D eigenvalue weighted by molar-refractivity contribution is -0.133. The van der Waals surface area contributed by atoms with Gasteiger partial charge in [-0.3, -0.25) is 4.79 Å². The van der Waals surface area contributed by atoms with Crippen LogP contribution in [0.2, 0.25) is 0 Å².